The lowest BCUT2D eigenvalue weighted by molar-refractivity contribution is 0.598. The maximum Gasteiger partial charge on any atom is 0.237 e. The van der Waals surface area contributed by atoms with Gasteiger partial charge in [-0.25, -0.2) is 12.8 Å². The van der Waals surface area contributed by atoms with Gasteiger partial charge in [0.25, 0.3) is 0 Å². The molecule has 0 saturated heterocycles. The highest BCUT2D eigenvalue weighted by molar-refractivity contribution is 7.91. The number of hydrogen-bond donors (Lipinski definition) is 2. The zero-order valence-electron chi connectivity index (χ0n) is 10.9. The largest absolute Gasteiger partial charge is 0.399 e. The van der Waals surface area contributed by atoms with E-state index in [2.05, 4.69) is 4.72 Å². The molecule has 0 aromatic heterocycles. The summed E-state index contributed by atoms with van der Waals surface area (Å²) in [6, 6.07) is 10.8. The van der Waals surface area contributed by atoms with Crippen molar-refractivity contribution in [2.24, 2.45) is 0 Å². The van der Waals surface area contributed by atoms with E-state index in [0.29, 0.717) is 11.3 Å². The molecule has 4 nitrogen and oxygen atoms in total. The number of rotatable bonds is 4. The molecule has 2 aromatic carbocycles. The quantitative estimate of drug-likeness (QED) is 0.851. The Morgan fingerprint density at radius 3 is 2.65 bits per heavy atom. The van der Waals surface area contributed by atoms with E-state index >= 15 is 0 Å². The van der Waals surface area contributed by atoms with Gasteiger partial charge in [0, 0.05) is 5.69 Å². The number of anilines is 2. The third kappa shape index (κ3) is 3.71. The zero-order chi connectivity index (χ0) is 14.8. The molecule has 20 heavy (non-hydrogen) atoms. The molecule has 0 aliphatic rings. The second kappa shape index (κ2) is 5.50. The zero-order valence-corrected chi connectivity index (χ0v) is 11.7. The van der Waals surface area contributed by atoms with Crippen molar-refractivity contribution in [1.82, 2.24) is 0 Å². The van der Waals surface area contributed by atoms with E-state index in [1.54, 1.807) is 37.3 Å². The van der Waals surface area contributed by atoms with Crippen LogP contribution in [0, 0.1) is 12.7 Å². The van der Waals surface area contributed by atoms with Crippen molar-refractivity contribution < 1.29 is 12.8 Å². The van der Waals surface area contributed by atoms with Crippen LogP contribution >= 0.6 is 0 Å². The monoisotopic (exact) mass is 294 g/mol. The summed E-state index contributed by atoms with van der Waals surface area (Å²) in [6.07, 6.45) is 0. The molecule has 2 aromatic rings. The van der Waals surface area contributed by atoms with E-state index in [1.807, 2.05) is 0 Å². The first-order valence-electron chi connectivity index (χ1n) is 5.97. The van der Waals surface area contributed by atoms with Gasteiger partial charge in [0.1, 0.15) is 5.82 Å². The molecule has 0 bridgehead atoms. The predicted molar refractivity (Wildman–Crippen MR) is 78.2 cm³/mol. The molecule has 0 radical (unpaired) electrons. The van der Waals surface area contributed by atoms with Crippen molar-refractivity contribution in [2.75, 3.05) is 10.5 Å². The summed E-state index contributed by atoms with van der Waals surface area (Å²) in [6.45, 7) is 1.76. The van der Waals surface area contributed by atoms with E-state index in [-0.39, 0.29) is 11.4 Å². The van der Waals surface area contributed by atoms with E-state index in [4.69, 9.17) is 5.73 Å². The fourth-order valence-electron chi connectivity index (χ4n) is 1.82. The van der Waals surface area contributed by atoms with Gasteiger partial charge in [0.05, 0.1) is 11.4 Å². The first-order chi connectivity index (χ1) is 9.35. The Labute approximate surface area is 117 Å². The summed E-state index contributed by atoms with van der Waals surface area (Å²) in [5.74, 6) is -0.863. The third-order valence-corrected chi connectivity index (χ3v) is 3.94. The summed E-state index contributed by atoms with van der Waals surface area (Å²) in [4.78, 5) is 0. The number of nitrogen functional groups attached to an aromatic ring is 1. The minimum absolute atomic E-state index is 0.0473. The minimum Gasteiger partial charge on any atom is -0.399 e. The van der Waals surface area contributed by atoms with Crippen molar-refractivity contribution >= 4 is 21.4 Å². The van der Waals surface area contributed by atoms with Gasteiger partial charge in [0.2, 0.25) is 10.0 Å². The Bertz CT molecular complexity index is 730. The number of halogens is 1. The van der Waals surface area contributed by atoms with Gasteiger partial charge in [-0.3, -0.25) is 4.72 Å². The molecular weight excluding hydrogens is 279 g/mol. The van der Waals surface area contributed by atoms with Crippen LogP contribution in [0.2, 0.25) is 0 Å². The van der Waals surface area contributed by atoms with Crippen LogP contribution in [0.4, 0.5) is 15.8 Å². The van der Waals surface area contributed by atoms with Crippen LogP contribution < -0.4 is 10.5 Å². The van der Waals surface area contributed by atoms with Crippen LogP contribution in [0.15, 0.2) is 42.5 Å². The van der Waals surface area contributed by atoms with Gasteiger partial charge in [-0.1, -0.05) is 18.2 Å². The van der Waals surface area contributed by atoms with E-state index in [9.17, 15) is 12.8 Å². The molecule has 0 amide bonds. The summed E-state index contributed by atoms with van der Waals surface area (Å²) in [5.41, 5.74) is 7.36. The summed E-state index contributed by atoms with van der Waals surface area (Å²) >= 11 is 0. The van der Waals surface area contributed by atoms with Gasteiger partial charge in [-0.15, -0.1) is 0 Å². The van der Waals surface area contributed by atoms with Crippen LogP contribution in [0.25, 0.3) is 0 Å². The Morgan fingerprint density at radius 1 is 1.20 bits per heavy atom. The van der Waals surface area contributed by atoms with Crippen LogP contribution in [-0.2, 0) is 15.8 Å². The molecule has 0 aliphatic heterocycles. The summed E-state index contributed by atoms with van der Waals surface area (Å²) in [7, 11) is -3.69. The highest BCUT2D eigenvalue weighted by atomic mass is 32.2. The van der Waals surface area contributed by atoms with E-state index in [0.717, 1.165) is 5.56 Å². The van der Waals surface area contributed by atoms with Crippen LogP contribution in [0.1, 0.15) is 11.1 Å². The average Bonchev–Trinajstić information content (AvgIpc) is 2.33. The Morgan fingerprint density at radius 2 is 1.95 bits per heavy atom. The lowest BCUT2D eigenvalue weighted by Crippen LogP contribution is -2.16. The Hall–Kier alpha value is -2.08. The van der Waals surface area contributed by atoms with Gasteiger partial charge in [0.15, 0.2) is 0 Å². The fourth-order valence-corrected chi connectivity index (χ4v) is 3.01. The van der Waals surface area contributed by atoms with Gasteiger partial charge in [-0.05, 0) is 42.3 Å². The number of benzene rings is 2. The van der Waals surface area contributed by atoms with Crippen molar-refractivity contribution in [2.45, 2.75) is 12.7 Å². The van der Waals surface area contributed by atoms with Crippen molar-refractivity contribution in [1.29, 1.82) is 0 Å². The summed E-state index contributed by atoms with van der Waals surface area (Å²) in [5, 5.41) is 0. The molecule has 2 rings (SSSR count). The van der Waals surface area contributed by atoms with Gasteiger partial charge < -0.3 is 5.73 Å². The number of hydrogen-bond acceptors (Lipinski definition) is 3. The SMILES string of the molecule is Cc1ccc(F)c(NS(=O)(=O)Cc2cccc(N)c2)c1. The molecule has 3 N–H and O–H groups in total. The first-order valence-corrected chi connectivity index (χ1v) is 7.62. The second-order valence-electron chi connectivity index (χ2n) is 4.59. The molecule has 0 aliphatic carbocycles. The molecule has 6 heteroatoms. The minimum atomic E-state index is -3.69. The van der Waals surface area contributed by atoms with Crippen molar-refractivity contribution in [3.8, 4) is 0 Å². The number of nitrogens with one attached hydrogen (secondary N) is 1. The predicted octanol–water partition coefficient (Wildman–Crippen LogP) is 2.66. The highest BCUT2D eigenvalue weighted by Crippen LogP contribution is 2.19. The second-order valence-corrected chi connectivity index (χ2v) is 6.31. The maximum absolute atomic E-state index is 13.6. The van der Waals surface area contributed by atoms with Crippen molar-refractivity contribution in [3.05, 3.63) is 59.4 Å². The van der Waals surface area contributed by atoms with Crippen LogP contribution in [-0.4, -0.2) is 8.42 Å². The Balaban J connectivity index is 2.21. The topological polar surface area (TPSA) is 72.2 Å². The van der Waals surface area contributed by atoms with E-state index < -0.39 is 15.8 Å². The first kappa shape index (κ1) is 14.3. The molecule has 106 valence electrons. The molecule has 0 saturated carbocycles. The number of nitrogens with two attached hydrogens (primary N) is 1. The third-order valence-electron chi connectivity index (χ3n) is 2.70. The molecule has 0 atom stereocenters. The molecule has 0 fully saturated rings. The normalized spacial score (nSPS) is 11.3. The lowest BCUT2D eigenvalue weighted by atomic mass is 10.2. The maximum atomic E-state index is 13.6. The smallest absolute Gasteiger partial charge is 0.237 e. The molecular formula is C14H15FN2O2S. The average molecular weight is 294 g/mol. The van der Waals surface area contributed by atoms with E-state index in [1.165, 1.54) is 12.1 Å². The molecule has 0 unspecified atom stereocenters. The van der Waals surface area contributed by atoms with Crippen LogP contribution in [0.3, 0.4) is 0 Å². The summed E-state index contributed by atoms with van der Waals surface area (Å²) < 4.78 is 39.9. The Kier molecular flexibility index (Phi) is 3.94. The number of aryl methyl sites for hydroxylation is 1. The number of sulfonamides is 1. The van der Waals surface area contributed by atoms with Gasteiger partial charge >= 0.3 is 0 Å². The highest BCUT2D eigenvalue weighted by Gasteiger charge is 2.14. The molecule has 0 heterocycles. The van der Waals surface area contributed by atoms with Crippen LogP contribution in [0.5, 0.6) is 0 Å². The van der Waals surface area contributed by atoms with Crippen molar-refractivity contribution in [3.63, 3.8) is 0 Å². The fraction of sp³-hybridized carbons (Fsp3) is 0.143. The lowest BCUT2D eigenvalue weighted by Gasteiger charge is -2.10. The molecule has 0 spiro atoms. The standard InChI is InChI=1S/C14H15FN2O2S/c1-10-5-6-13(15)14(7-10)17-20(18,19)9-11-3-2-4-12(16)8-11/h2-8,17H,9,16H2,1H3. The van der Waals surface area contributed by atoms with Gasteiger partial charge in [-0.2, -0.15) is 0 Å².